The lowest BCUT2D eigenvalue weighted by Gasteiger charge is -2.17. The largest absolute Gasteiger partial charge is 0.416 e. The predicted octanol–water partition coefficient (Wildman–Crippen LogP) is 4.35. The zero-order chi connectivity index (χ0) is 22.0. The van der Waals surface area contributed by atoms with Gasteiger partial charge in [-0.05, 0) is 31.4 Å². The van der Waals surface area contributed by atoms with Gasteiger partial charge in [0.1, 0.15) is 5.69 Å². The second kappa shape index (κ2) is 8.26. The Bertz CT molecular complexity index is 1180. The molecule has 1 atom stereocenters. The number of halogens is 3. The summed E-state index contributed by atoms with van der Waals surface area (Å²) in [6, 6.07) is 12.4. The molecule has 3 aromatic rings. The first-order valence-corrected chi connectivity index (χ1v) is 9.78. The topological polar surface area (TPSA) is 58.1 Å². The molecule has 1 unspecified atom stereocenters. The van der Waals surface area contributed by atoms with Crippen molar-refractivity contribution < 1.29 is 18.0 Å². The lowest BCUT2D eigenvalue weighted by molar-refractivity contribution is -0.137. The summed E-state index contributed by atoms with van der Waals surface area (Å²) in [6.07, 6.45) is -3.63. The molecule has 158 valence electrons. The number of alkyl halides is 3. The van der Waals surface area contributed by atoms with Crippen molar-refractivity contribution in [2.75, 3.05) is 18.4 Å². The molecule has 1 amide bonds. The van der Waals surface area contributed by atoms with Gasteiger partial charge in [0.05, 0.1) is 5.56 Å². The molecule has 1 N–H and O–H groups in total. The highest BCUT2D eigenvalue weighted by Gasteiger charge is 2.30. The number of rotatable bonds is 3. The first-order valence-electron chi connectivity index (χ1n) is 9.78. The van der Waals surface area contributed by atoms with Crippen LogP contribution in [0.2, 0.25) is 0 Å². The number of aromatic nitrogens is 2. The first-order chi connectivity index (χ1) is 14.9. The van der Waals surface area contributed by atoms with Gasteiger partial charge in [0.15, 0.2) is 5.82 Å². The van der Waals surface area contributed by atoms with Gasteiger partial charge in [-0.3, -0.25) is 4.79 Å². The zero-order valence-electron chi connectivity index (χ0n) is 16.7. The quantitative estimate of drug-likeness (QED) is 0.635. The van der Waals surface area contributed by atoms with E-state index >= 15 is 0 Å². The lowest BCUT2D eigenvalue weighted by Crippen LogP contribution is -2.30. The van der Waals surface area contributed by atoms with Crippen molar-refractivity contribution in [3.05, 3.63) is 54.1 Å². The minimum absolute atomic E-state index is 0.0113. The molecule has 2 aromatic carbocycles. The molecule has 0 radical (unpaired) electrons. The number of hydrogen-bond acceptors (Lipinski definition) is 4. The van der Waals surface area contributed by atoms with Crippen molar-refractivity contribution in [2.45, 2.75) is 25.6 Å². The van der Waals surface area contributed by atoms with Crippen molar-refractivity contribution in [3.8, 4) is 23.1 Å². The van der Waals surface area contributed by atoms with Crippen molar-refractivity contribution >= 4 is 22.5 Å². The molecule has 1 fully saturated rings. The Balaban J connectivity index is 1.62. The molecule has 1 saturated heterocycles. The van der Waals surface area contributed by atoms with Gasteiger partial charge in [0.25, 0.3) is 5.91 Å². The molecule has 31 heavy (non-hydrogen) atoms. The van der Waals surface area contributed by atoms with Crippen LogP contribution in [0.5, 0.6) is 0 Å². The number of nitrogens with one attached hydrogen (secondary N) is 1. The molecule has 0 saturated carbocycles. The molecule has 0 aliphatic carbocycles. The second-order valence-corrected chi connectivity index (χ2v) is 7.27. The predicted molar refractivity (Wildman–Crippen MR) is 112 cm³/mol. The maximum atomic E-state index is 12.9. The van der Waals surface area contributed by atoms with Gasteiger partial charge >= 0.3 is 6.18 Å². The molecule has 0 spiro atoms. The van der Waals surface area contributed by atoms with Gasteiger partial charge in [-0.1, -0.05) is 42.3 Å². The molecule has 2 heterocycles. The summed E-state index contributed by atoms with van der Waals surface area (Å²) < 4.78 is 38.6. The van der Waals surface area contributed by atoms with Crippen LogP contribution >= 0.6 is 0 Å². The highest BCUT2D eigenvalue weighted by Crippen LogP contribution is 2.33. The highest BCUT2D eigenvalue weighted by molar-refractivity contribution is 6.00. The summed E-state index contributed by atoms with van der Waals surface area (Å²) in [7, 11) is 0. The molecular formula is C23H19F3N4O. The Kier molecular flexibility index (Phi) is 5.51. The average Bonchev–Trinajstić information content (AvgIpc) is 3.22. The fraction of sp³-hybridized carbons (Fsp3) is 0.261. The molecule has 1 aliphatic heterocycles. The van der Waals surface area contributed by atoms with Gasteiger partial charge in [0, 0.05) is 35.5 Å². The number of fused-ring (bicyclic) bond motifs is 1. The summed E-state index contributed by atoms with van der Waals surface area (Å²) in [4.78, 5) is 13.7. The van der Waals surface area contributed by atoms with Crippen molar-refractivity contribution in [2.24, 2.45) is 0 Å². The van der Waals surface area contributed by atoms with Crippen molar-refractivity contribution in [1.29, 1.82) is 0 Å². The molecule has 1 aliphatic rings. The third kappa shape index (κ3) is 4.31. The maximum absolute atomic E-state index is 12.9. The second-order valence-electron chi connectivity index (χ2n) is 7.27. The van der Waals surface area contributed by atoms with Gasteiger partial charge in [-0.25, -0.2) is 0 Å². The summed E-state index contributed by atoms with van der Waals surface area (Å²) in [5.41, 5.74) is 0.357. The summed E-state index contributed by atoms with van der Waals surface area (Å²) in [5, 5.41) is 13.6. The van der Waals surface area contributed by atoms with Crippen LogP contribution in [0.4, 0.5) is 19.0 Å². The van der Waals surface area contributed by atoms with Gasteiger partial charge in [-0.15, -0.1) is 10.2 Å². The van der Waals surface area contributed by atoms with Crippen LogP contribution in [-0.2, 0) is 11.0 Å². The smallest absolute Gasteiger partial charge is 0.363 e. The van der Waals surface area contributed by atoms with E-state index in [0.29, 0.717) is 30.2 Å². The number of amides is 1. The Hall–Kier alpha value is -3.60. The van der Waals surface area contributed by atoms with Crippen LogP contribution in [-0.4, -0.2) is 40.1 Å². The Morgan fingerprint density at radius 1 is 1.10 bits per heavy atom. The van der Waals surface area contributed by atoms with Gasteiger partial charge < -0.3 is 10.2 Å². The molecule has 4 rings (SSSR count). The SMILES string of the molecule is CC#CC(=O)N1CCC(Nc2nnc(-c3ccc(C(F)(F)F)cc3)c3ccccc23)C1. The van der Waals surface area contributed by atoms with E-state index in [1.165, 1.54) is 12.1 Å². The van der Waals surface area contributed by atoms with E-state index in [4.69, 9.17) is 0 Å². The fourth-order valence-electron chi connectivity index (χ4n) is 3.68. The van der Waals surface area contributed by atoms with Crippen LogP contribution in [0.1, 0.15) is 18.9 Å². The van der Waals surface area contributed by atoms with Gasteiger partial charge in [-0.2, -0.15) is 13.2 Å². The normalized spacial score (nSPS) is 16.1. The Labute approximate surface area is 177 Å². The zero-order valence-corrected chi connectivity index (χ0v) is 16.7. The number of carbonyl (C=O) groups excluding carboxylic acids is 1. The fourth-order valence-corrected chi connectivity index (χ4v) is 3.68. The first kappa shape index (κ1) is 20.7. The van der Waals surface area contributed by atoms with Crippen molar-refractivity contribution in [3.63, 3.8) is 0 Å². The summed E-state index contributed by atoms with van der Waals surface area (Å²) >= 11 is 0. The standard InChI is InChI=1S/C23H19F3N4O/c1-2-5-20(31)30-13-12-17(14-30)27-22-19-7-4-3-6-18(19)21(28-29-22)15-8-10-16(11-9-15)23(24,25)26/h3-4,6-11,17H,12-14H2,1H3,(H,27,29). The third-order valence-corrected chi connectivity index (χ3v) is 5.22. The van der Waals surface area contributed by atoms with E-state index < -0.39 is 11.7 Å². The minimum Gasteiger partial charge on any atom is -0.363 e. The highest BCUT2D eigenvalue weighted by atomic mass is 19.4. The van der Waals surface area contributed by atoms with Crippen LogP contribution in [0.15, 0.2) is 48.5 Å². The number of likely N-dealkylation sites (tertiary alicyclic amines) is 1. The summed E-state index contributed by atoms with van der Waals surface area (Å²) in [5.74, 6) is 5.55. The molecular weight excluding hydrogens is 405 g/mol. The lowest BCUT2D eigenvalue weighted by atomic mass is 10.0. The van der Waals surface area contributed by atoms with Gasteiger partial charge in [0.2, 0.25) is 0 Å². The number of benzene rings is 2. The van der Waals surface area contributed by atoms with Crippen molar-refractivity contribution in [1.82, 2.24) is 15.1 Å². The van der Waals surface area contributed by atoms with Crippen LogP contribution < -0.4 is 5.32 Å². The van der Waals surface area contributed by atoms with Crippen LogP contribution in [0.25, 0.3) is 22.0 Å². The Morgan fingerprint density at radius 2 is 1.81 bits per heavy atom. The molecule has 1 aromatic heterocycles. The van der Waals surface area contributed by atoms with E-state index in [9.17, 15) is 18.0 Å². The van der Waals surface area contributed by atoms with E-state index in [2.05, 4.69) is 27.4 Å². The number of nitrogens with zero attached hydrogens (tertiary/aromatic N) is 3. The molecule has 0 bridgehead atoms. The molecule has 8 heteroatoms. The number of carbonyl (C=O) groups is 1. The third-order valence-electron chi connectivity index (χ3n) is 5.22. The monoisotopic (exact) mass is 424 g/mol. The van der Waals surface area contributed by atoms with E-state index in [0.717, 1.165) is 29.3 Å². The molecule has 5 nitrogen and oxygen atoms in total. The minimum atomic E-state index is -4.39. The Morgan fingerprint density at radius 3 is 2.48 bits per heavy atom. The van der Waals surface area contributed by atoms with E-state index in [-0.39, 0.29) is 11.9 Å². The maximum Gasteiger partial charge on any atom is 0.416 e. The van der Waals surface area contributed by atoms with E-state index in [1.807, 2.05) is 24.3 Å². The summed E-state index contributed by atoms with van der Waals surface area (Å²) in [6.45, 7) is 2.76. The van der Waals surface area contributed by atoms with Crippen LogP contribution in [0, 0.1) is 11.8 Å². The number of anilines is 1. The average molecular weight is 424 g/mol. The number of hydrogen-bond donors (Lipinski definition) is 1. The van der Waals surface area contributed by atoms with E-state index in [1.54, 1.807) is 11.8 Å². The van der Waals surface area contributed by atoms with Crippen LogP contribution in [0.3, 0.4) is 0 Å².